The van der Waals surface area contributed by atoms with E-state index in [2.05, 4.69) is 18.6 Å². The Morgan fingerprint density at radius 1 is 1.22 bits per heavy atom. The Balaban J connectivity index is 2.80. The molecule has 4 nitrogen and oxygen atoms in total. The molecule has 0 aliphatic rings. The summed E-state index contributed by atoms with van der Waals surface area (Å²) in [5.41, 5.74) is 1.87. The highest BCUT2D eigenvalue weighted by Crippen LogP contribution is 2.19. The van der Waals surface area contributed by atoms with E-state index in [1.807, 2.05) is 24.3 Å². The largest absolute Gasteiger partial charge is 0.459 e. The Hall–Kier alpha value is -1.84. The maximum absolute atomic E-state index is 11.7. The molecular formula is C14H19NO3. The van der Waals surface area contributed by atoms with Gasteiger partial charge in [-0.05, 0) is 30.5 Å². The van der Waals surface area contributed by atoms with E-state index in [1.54, 1.807) is 14.0 Å². The molecule has 0 N–H and O–H groups in total. The Bertz CT molecular complexity index is 423. The minimum atomic E-state index is -0.826. The number of esters is 1. The van der Waals surface area contributed by atoms with E-state index in [0.717, 1.165) is 0 Å². The highest BCUT2D eigenvalue weighted by Gasteiger charge is 2.20. The van der Waals surface area contributed by atoms with Crippen LogP contribution < -0.4 is 4.90 Å². The van der Waals surface area contributed by atoms with Gasteiger partial charge in [-0.15, -0.1) is 0 Å². The van der Waals surface area contributed by atoms with Crippen molar-refractivity contribution >= 4 is 17.6 Å². The van der Waals surface area contributed by atoms with Crippen molar-refractivity contribution in [2.24, 2.45) is 0 Å². The van der Waals surface area contributed by atoms with Gasteiger partial charge in [-0.2, -0.15) is 0 Å². The van der Waals surface area contributed by atoms with Crippen LogP contribution in [0.2, 0.25) is 0 Å². The van der Waals surface area contributed by atoms with Crippen LogP contribution in [0.4, 0.5) is 5.69 Å². The van der Waals surface area contributed by atoms with Crippen LogP contribution in [0.3, 0.4) is 0 Å². The van der Waals surface area contributed by atoms with Crippen LogP contribution in [0.1, 0.15) is 32.3 Å². The molecule has 1 amide bonds. The van der Waals surface area contributed by atoms with E-state index in [9.17, 15) is 9.59 Å². The summed E-state index contributed by atoms with van der Waals surface area (Å²) in [6.45, 7) is 6.07. The second-order valence-corrected chi connectivity index (χ2v) is 4.33. The summed E-state index contributed by atoms with van der Waals surface area (Å²) in [6.07, 6.45) is 0. The van der Waals surface area contributed by atoms with E-state index < -0.39 is 11.9 Å². The third kappa shape index (κ3) is 3.32. The van der Waals surface area contributed by atoms with Crippen molar-refractivity contribution in [2.75, 3.05) is 18.6 Å². The Kier molecular flexibility index (Phi) is 4.89. The van der Waals surface area contributed by atoms with Crippen LogP contribution in [0.25, 0.3) is 0 Å². The number of ether oxygens (including phenoxy) is 1. The summed E-state index contributed by atoms with van der Waals surface area (Å²) in [6, 6.07) is 7.56. The van der Waals surface area contributed by atoms with Crippen LogP contribution >= 0.6 is 0 Å². The SMILES string of the molecule is CCOC(=O)C(=O)N(C)c1ccc(C(C)C)cc1. The molecule has 1 rings (SSSR count). The second-order valence-electron chi connectivity index (χ2n) is 4.33. The lowest BCUT2D eigenvalue weighted by atomic mass is 10.0. The molecule has 0 saturated carbocycles. The van der Waals surface area contributed by atoms with Crippen molar-refractivity contribution in [3.8, 4) is 0 Å². The second kappa shape index (κ2) is 6.19. The van der Waals surface area contributed by atoms with Gasteiger partial charge in [0.2, 0.25) is 0 Å². The molecule has 4 heteroatoms. The van der Waals surface area contributed by atoms with E-state index in [4.69, 9.17) is 0 Å². The fraction of sp³-hybridized carbons (Fsp3) is 0.429. The molecule has 18 heavy (non-hydrogen) atoms. The standard InChI is InChI=1S/C14H19NO3/c1-5-18-14(17)13(16)15(4)12-8-6-11(7-9-12)10(2)3/h6-10H,5H2,1-4H3. The lowest BCUT2D eigenvalue weighted by Gasteiger charge is -2.17. The summed E-state index contributed by atoms with van der Waals surface area (Å²) >= 11 is 0. The number of benzene rings is 1. The van der Waals surface area contributed by atoms with Crippen LogP contribution in [-0.4, -0.2) is 25.5 Å². The summed E-state index contributed by atoms with van der Waals surface area (Å²) in [5, 5.41) is 0. The third-order valence-corrected chi connectivity index (χ3v) is 2.70. The number of nitrogens with zero attached hydrogens (tertiary/aromatic N) is 1. The van der Waals surface area contributed by atoms with E-state index in [-0.39, 0.29) is 6.61 Å². The summed E-state index contributed by atoms with van der Waals surface area (Å²) in [4.78, 5) is 24.3. The normalized spacial score (nSPS) is 10.3. The van der Waals surface area contributed by atoms with Crippen molar-refractivity contribution in [3.05, 3.63) is 29.8 Å². The predicted octanol–water partition coefficient (Wildman–Crippen LogP) is 2.34. The van der Waals surface area contributed by atoms with Crippen LogP contribution in [0.5, 0.6) is 0 Å². The molecule has 0 bridgehead atoms. The molecule has 1 aromatic carbocycles. The molecular weight excluding hydrogens is 230 g/mol. The van der Waals surface area contributed by atoms with Crippen LogP contribution in [0.15, 0.2) is 24.3 Å². The molecule has 0 heterocycles. The molecule has 0 atom stereocenters. The number of amides is 1. The molecule has 0 aromatic heterocycles. The fourth-order valence-electron chi connectivity index (χ4n) is 1.53. The first-order chi connectivity index (χ1) is 8.47. The van der Waals surface area contributed by atoms with Gasteiger partial charge < -0.3 is 9.64 Å². The summed E-state index contributed by atoms with van der Waals surface area (Å²) in [5.74, 6) is -1.05. The third-order valence-electron chi connectivity index (χ3n) is 2.70. The minimum absolute atomic E-state index is 0.199. The average molecular weight is 249 g/mol. The zero-order valence-corrected chi connectivity index (χ0v) is 11.3. The van der Waals surface area contributed by atoms with Gasteiger partial charge >= 0.3 is 11.9 Å². The summed E-state index contributed by atoms with van der Waals surface area (Å²) < 4.78 is 4.68. The number of anilines is 1. The van der Waals surface area contributed by atoms with Gasteiger partial charge in [0.25, 0.3) is 0 Å². The predicted molar refractivity (Wildman–Crippen MR) is 70.6 cm³/mol. The van der Waals surface area contributed by atoms with Gasteiger partial charge in [0, 0.05) is 12.7 Å². The molecule has 0 radical (unpaired) electrons. The minimum Gasteiger partial charge on any atom is -0.459 e. The topological polar surface area (TPSA) is 46.6 Å². The number of carbonyl (C=O) groups is 2. The smallest absolute Gasteiger partial charge is 0.397 e. The number of hydrogen-bond acceptors (Lipinski definition) is 3. The molecule has 0 aliphatic carbocycles. The van der Waals surface area contributed by atoms with Crippen molar-refractivity contribution < 1.29 is 14.3 Å². The van der Waals surface area contributed by atoms with E-state index in [1.165, 1.54) is 10.5 Å². The highest BCUT2D eigenvalue weighted by molar-refractivity contribution is 6.37. The van der Waals surface area contributed by atoms with Crippen molar-refractivity contribution in [1.82, 2.24) is 0 Å². The lowest BCUT2D eigenvalue weighted by molar-refractivity contribution is -0.153. The summed E-state index contributed by atoms with van der Waals surface area (Å²) in [7, 11) is 1.56. The van der Waals surface area contributed by atoms with Gasteiger partial charge in [0.05, 0.1) is 6.61 Å². The first kappa shape index (κ1) is 14.2. The van der Waals surface area contributed by atoms with Crippen molar-refractivity contribution in [2.45, 2.75) is 26.7 Å². The average Bonchev–Trinajstić information content (AvgIpc) is 2.37. The number of rotatable bonds is 3. The Labute approximate surface area is 108 Å². The van der Waals surface area contributed by atoms with Crippen molar-refractivity contribution in [1.29, 1.82) is 0 Å². The van der Waals surface area contributed by atoms with E-state index in [0.29, 0.717) is 11.6 Å². The fourth-order valence-corrected chi connectivity index (χ4v) is 1.53. The number of hydrogen-bond donors (Lipinski definition) is 0. The maximum Gasteiger partial charge on any atom is 0.397 e. The molecule has 0 unspecified atom stereocenters. The van der Waals surface area contributed by atoms with Gasteiger partial charge in [-0.1, -0.05) is 26.0 Å². The maximum atomic E-state index is 11.7. The molecule has 0 aliphatic heterocycles. The quantitative estimate of drug-likeness (QED) is 0.610. The monoisotopic (exact) mass is 249 g/mol. The number of likely N-dealkylation sites (N-methyl/N-ethyl adjacent to an activating group) is 1. The van der Waals surface area contributed by atoms with Crippen LogP contribution in [-0.2, 0) is 14.3 Å². The van der Waals surface area contributed by atoms with Gasteiger partial charge in [-0.3, -0.25) is 4.79 Å². The molecule has 0 fully saturated rings. The molecule has 1 aromatic rings. The van der Waals surface area contributed by atoms with Crippen molar-refractivity contribution in [3.63, 3.8) is 0 Å². The molecule has 98 valence electrons. The number of carbonyl (C=O) groups excluding carboxylic acids is 2. The Morgan fingerprint density at radius 2 is 1.78 bits per heavy atom. The van der Waals surface area contributed by atoms with Gasteiger partial charge in [0.15, 0.2) is 0 Å². The highest BCUT2D eigenvalue weighted by atomic mass is 16.5. The van der Waals surface area contributed by atoms with Gasteiger partial charge in [0.1, 0.15) is 0 Å². The van der Waals surface area contributed by atoms with Crippen LogP contribution in [0, 0.1) is 0 Å². The van der Waals surface area contributed by atoms with Gasteiger partial charge in [-0.25, -0.2) is 4.79 Å². The lowest BCUT2D eigenvalue weighted by Crippen LogP contribution is -2.34. The first-order valence-electron chi connectivity index (χ1n) is 6.02. The molecule has 0 saturated heterocycles. The van der Waals surface area contributed by atoms with E-state index >= 15 is 0 Å². The Morgan fingerprint density at radius 3 is 2.22 bits per heavy atom. The molecule has 0 spiro atoms. The first-order valence-corrected chi connectivity index (χ1v) is 6.02. The zero-order chi connectivity index (χ0) is 13.7. The zero-order valence-electron chi connectivity index (χ0n) is 11.3.